The highest BCUT2D eigenvalue weighted by atomic mass is 16.5. The number of carboxylic acid groups (broad SMARTS) is 1. The minimum absolute atomic E-state index is 0.102. The van der Waals surface area contributed by atoms with Crippen molar-refractivity contribution < 1.29 is 24.2 Å². The van der Waals surface area contributed by atoms with E-state index < -0.39 is 30.1 Å². The first kappa shape index (κ1) is 29.8. The number of alkyl carbamates (subject to hydrolysis) is 1. The van der Waals surface area contributed by atoms with E-state index in [9.17, 15) is 19.5 Å². The van der Waals surface area contributed by atoms with E-state index in [4.69, 9.17) is 4.74 Å². The normalized spacial score (nSPS) is 13.6. The lowest BCUT2D eigenvalue weighted by Gasteiger charge is -2.26. The van der Waals surface area contributed by atoms with Crippen molar-refractivity contribution in [3.05, 3.63) is 95.6 Å². The Balaban J connectivity index is 1.44. The molecule has 0 aliphatic heterocycles. The monoisotopic (exact) mass is 557 g/mol. The Bertz CT molecular complexity index is 1280. The van der Waals surface area contributed by atoms with Crippen LogP contribution in [0.3, 0.4) is 0 Å². The molecule has 3 aromatic rings. The zero-order valence-electron chi connectivity index (χ0n) is 23.7. The fourth-order valence-corrected chi connectivity index (χ4v) is 5.44. The summed E-state index contributed by atoms with van der Waals surface area (Å²) in [7, 11) is 1.87. The fraction of sp³-hybridized carbons (Fsp3) is 0.364. The number of likely N-dealkylation sites (N-methyl/N-ethyl adjacent to an activating group) is 1. The number of carbonyl (C=O) groups excluding carboxylic acids is 2. The van der Waals surface area contributed by atoms with Gasteiger partial charge in [0.25, 0.3) is 0 Å². The number of fused-ring (bicyclic) bond motifs is 3. The highest BCUT2D eigenvalue weighted by Crippen LogP contribution is 2.44. The first-order chi connectivity index (χ1) is 19.9. The van der Waals surface area contributed by atoms with Gasteiger partial charge in [0.2, 0.25) is 5.91 Å². The number of rotatable bonds is 14. The molecule has 3 N–H and O–H groups in total. The van der Waals surface area contributed by atoms with Crippen molar-refractivity contribution in [1.29, 1.82) is 0 Å². The van der Waals surface area contributed by atoms with Crippen LogP contribution in [-0.4, -0.2) is 60.3 Å². The highest BCUT2D eigenvalue weighted by molar-refractivity contribution is 5.86. The van der Waals surface area contributed by atoms with Crippen LogP contribution in [0.4, 0.5) is 4.79 Å². The third-order valence-corrected chi connectivity index (χ3v) is 7.42. The molecule has 0 heterocycles. The largest absolute Gasteiger partial charge is 0.481 e. The van der Waals surface area contributed by atoms with Crippen molar-refractivity contribution in [1.82, 2.24) is 15.5 Å². The molecule has 0 radical (unpaired) electrons. The molecule has 0 saturated carbocycles. The molecule has 0 bridgehead atoms. The summed E-state index contributed by atoms with van der Waals surface area (Å²) in [5.74, 6) is -1.51. The molecule has 4 rings (SSSR count). The van der Waals surface area contributed by atoms with E-state index in [1.807, 2.05) is 73.5 Å². The van der Waals surface area contributed by atoms with Gasteiger partial charge in [0.15, 0.2) is 0 Å². The lowest BCUT2D eigenvalue weighted by atomic mass is 9.98. The number of hydrogen-bond donors (Lipinski definition) is 3. The minimum Gasteiger partial charge on any atom is -0.481 e. The van der Waals surface area contributed by atoms with Crippen LogP contribution in [0.1, 0.15) is 55.2 Å². The van der Waals surface area contributed by atoms with Gasteiger partial charge in [0.05, 0.1) is 6.42 Å². The topological polar surface area (TPSA) is 108 Å². The highest BCUT2D eigenvalue weighted by Gasteiger charge is 2.30. The van der Waals surface area contributed by atoms with Crippen molar-refractivity contribution in [3.63, 3.8) is 0 Å². The average molecular weight is 558 g/mol. The van der Waals surface area contributed by atoms with E-state index in [1.54, 1.807) is 0 Å². The van der Waals surface area contributed by atoms with Crippen LogP contribution in [0.5, 0.6) is 0 Å². The Labute approximate surface area is 241 Å². The number of aliphatic carboxylic acids is 1. The summed E-state index contributed by atoms with van der Waals surface area (Å²) in [5, 5.41) is 15.0. The second-order valence-electron chi connectivity index (χ2n) is 10.7. The molecular weight excluding hydrogens is 518 g/mol. The Kier molecular flexibility index (Phi) is 10.5. The Morgan fingerprint density at radius 3 is 2.12 bits per heavy atom. The molecule has 2 amide bonds. The van der Waals surface area contributed by atoms with Crippen LogP contribution < -0.4 is 10.6 Å². The van der Waals surface area contributed by atoms with Gasteiger partial charge >= 0.3 is 12.1 Å². The molecule has 3 aromatic carbocycles. The summed E-state index contributed by atoms with van der Waals surface area (Å²) in [6.45, 7) is 2.94. The van der Waals surface area contributed by atoms with Crippen molar-refractivity contribution in [2.45, 2.75) is 57.2 Å². The Morgan fingerprint density at radius 2 is 1.51 bits per heavy atom. The van der Waals surface area contributed by atoms with E-state index in [2.05, 4.69) is 34.9 Å². The van der Waals surface area contributed by atoms with Gasteiger partial charge in [-0.2, -0.15) is 0 Å². The first-order valence-electron chi connectivity index (χ1n) is 14.2. The summed E-state index contributed by atoms with van der Waals surface area (Å²) < 4.78 is 5.71. The number of unbranched alkanes of at least 4 members (excludes halogenated alkanes) is 1. The van der Waals surface area contributed by atoms with Gasteiger partial charge in [-0.15, -0.1) is 0 Å². The quantitative estimate of drug-likeness (QED) is 0.252. The van der Waals surface area contributed by atoms with E-state index in [0.29, 0.717) is 13.0 Å². The van der Waals surface area contributed by atoms with Gasteiger partial charge in [-0.1, -0.05) is 98.6 Å². The lowest BCUT2D eigenvalue weighted by molar-refractivity contribution is -0.137. The fourth-order valence-electron chi connectivity index (χ4n) is 5.44. The van der Waals surface area contributed by atoms with Crippen molar-refractivity contribution in [3.8, 4) is 11.1 Å². The number of ether oxygens (including phenoxy) is 1. The molecule has 0 fully saturated rings. The second-order valence-corrected chi connectivity index (χ2v) is 10.7. The Hall–Kier alpha value is -4.17. The maximum Gasteiger partial charge on any atom is 0.407 e. The van der Waals surface area contributed by atoms with Gasteiger partial charge < -0.3 is 20.5 Å². The first-order valence-corrected chi connectivity index (χ1v) is 14.2. The van der Waals surface area contributed by atoms with Gasteiger partial charge in [0, 0.05) is 25.0 Å². The summed E-state index contributed by atoms with van der Waals surface area (Å²) in [4.78, 5) is 39.9. The molecule has 8 nitrogen and oxygen atoms in total. The zero-order chi connectivity index (χ0) is 29.2. The molecule has 0 aromatic heterocycles. The zero-order valence-corrected chi connectivity index (χ0v) is 23.7. The number of nitrogens with zero attached hydrogens (tertiary/aromatic N) is 1. The third kappa shape index (κ3) is 8.17. The van der Waals surface area contributed by atoms with Crippen molar-refractivity contribution in [2.75, 3.05) is 20.2 Å². The van der Waals surface area contributed by atoms with E-state index in [0.717, 1.165) is 40.7 Å². The number of nitrogens with one attached hydrogen (secondary N) is 2. The molecule has 8 heteroatoms. The summed E-state index contributed by atoms with van der Waals surface area (Å²) in [5.41, 5.74) is 5.54. The maximum absolute atomic E-state index is 13.4. The summed E-state index contributed by atoms with van der Waals surface area (Å²) in [6, 6.07) is 24.6. The van der Waals surface area contributed by atoms with Gasteiger partial charge in [-0.25, -0.2) is 4.79 Å². The minimum atomic E-state index is -0.978. The summed E-state index contributed by atoms with van der Waals surface area (Å²) >= 11 is 0. The predicted octanol–water partition coefficient (Wildman–Crippen LogP) is 5.18. The molecule has 0 spiro atoms. The molecule has 2 atom stereocenters. The predicted molar refractivity (Wildman–Crippen MR) is 158 cm³/mol. The molecule has 2 unspecified atom stereocenters. The van der Waals surface area contributed by atoms with Crippen LogP contribution in [-0.2, 0) is 20.9 Å². The average Bonchev–Trinajstić information content (AvgIpc) is 3.28. The number of benzene rings is 3. The van der Waals surface area contributed by atoms with Crippen molar-refractivity contribution in [2.24, 2.45) is 0 Å². The van der Waals surface area contributed by atoms with E-state index >= 15 is 0 Å². The molecular formula is C33H39N3O5. The molecule has 1 aliphatic carbocycles. The van der Waals surface area contributed by atoms with Gasteiger partial charge in [-0.3, -0.25) is 14.5 Å². The SMILES string of the molecule is CCCCC(CC(=O)O)NC(=O)C(CN(C)Cc1ccccc1)NC(=O)OCC1c2ccccc2-c2ccccc21. The molecule has 216 valence electrons. The van der Waals surface area contributed by atoms with E-state index in [-0.39, 0.29) is 25.5 Å². The van der Waals surface area contributed by atoms with Crippen LogP contribution >= 0.6 is 0 Å². The van der Waals surface area contributed by atoms with E-state index in [1.165, 1.54) is 0 Å². The van der Waals surface area contributed by atoms with Crippen LogP contribution in [0.25, 0.3) is 11.1 Å². The van der Waals surface area contributed by atoms with Gasteiger partial charge in [0.1, 0.15) is 12.6 Å². The maximum atomic E-state index is 13.4. The van der Waals surface area contributed by atoms with Crippen LogP contribution in [0.2, 0.25) is 0 Å². The molecule has 1 aliphatic rings. The van der Waals surface area contributed by atoms with Crippen molar-refractivity contribution >= 4 is 18.0 Å². The summed E-state index contributed by atoms with van der Waals surface area (Å²) in [6.07, 6.45) is 1.35. The molecule has 41 heavy (non-hydrogen) atoms. The standard InChI is InChI=1S/C33H39N3O5/c1-3-4-14-24(19-31(37)38)34-32(39)30(21-36(2)20-23-12-6-5-7-13-23)35-33(40)41-22-29-27-17-10-8-15-25(27)26-16-9-11-18-28(26)29/h5-13,15-18,24,29-30H,3-4,14,19-22H2,1-2H3,(H,34,39)(H,35,40)(H,37,38). The lowest BCUT2D eigenvalue weighted by Crippen LogP contribution is -2.54. The number of hydrogen-bond acceptors (Lipinski definition) is 5. The Morgan fingerprint density at radius 1 is 0.902 bits per heavy atom. The second kappa shape index (κ2) is 14.5. The van der Waals surface area contributed by atoms with Crippen LogP contribution in [0, 0.1) is 0 Å². The van der Waals surface area contributed by atoms with Gasteiger partial charge in [-0.05, 0) is 41.3 Å². The third-order valence-electron chi connectivity index (χ3n) is 7.42. The van der Waals surface area contributed by atoms with Crippen LogP contribution in [0.15, 0.2) is 78.9 Å². The smallest absolute Gasteiger partial charge is 0.407 e. The number of carboxylic acids is 1. The number of amides is 2. The molecule has 0 saturated heterocycles. The number of carbonyl (C=O) groups is 3.